The summed E-state index contributed by atoms with van der Waals surface area (Å²) in [5.41, 5.74) is 1.08. The topological polar surface area (TPSA) is 3.24 Å². The molecule has 1 nitrogen and oxygen atoms in total. The lowest BCUT2D eigenvalue weighted by molar-refractivity contribution is 0.464. The highest BCUT2D eigenvalue weighted by Gasteiger charge is 1.92. The first-order chi connectivity index (χ1) is 7.75. The van der Waals surface area contributed by atoms with E-state index in [9.17, 15) is 0 Å². The second kappa shape index (κ2) is 4.83. The van der Waals surface area contributed by atoms with E-state index in [-0.39, 0.29) is 0 Å². The molecule has 0 heterocycles. The molecule has 80 valence electrons. The molecule has 0 saturated heterocycles. The lowest BCUT2D eigenvalue weighted by Gasteiger charge is -2.01. The average molecular weight is 209 g/mol. The van der Waals surface area contributed by atoms with Crippen LogP contribution in [0.2, 0.25) is 0 Å². The fraction of sp³-hybridized carbons (Fsp3) is 0.200. The average Bonchev–Trinajstić information content (AvgIpc) is 2.28. The Morgan fingerprint density at radius 2 is 1.75 bits per heavy atom. The van der Waals surface area contributed by atoms with Crippen LogP contribution >= 0.6 is 0 Å². The van der Waals surface area contributed by atoms with Gasteiger partial charge in [-0.25, -0.2) is 0 Å². The van der Waals surface area contributed by atoms with Gasteiger partial charge in [-0.15, -0.1) is 0 Å². The standard InChI is InChI=1S/C15H15N/c1-16(2)11-5-6-13-9-10-14-7-3-4-8-15(14)12-13/h3-4,7-10,12H,11H2,1-2H3. The SMILES string of the molecule is CN(C)CC#Cc1ccc2ccccc2c1. The van der Waals surface area contributed by atoms with Crippen LogP contribution in [0.1, 0.15) is 5.56 Å². The van der Waals surface area contributed by atoms with E-state index >= 15 is 0 Å². The Kier molecular flexibility index (Phi) is 3.24. The van der Waals surface area contributed by atoms with Crippen LogP contribution in [0, 0.1) is 11.8 Å². The van der Waals surface area contributed by atoms with E-state index in [1.54, 1.807) is 0 Å². The Bertz CT molecular complexity index is 544. The van der Waals surface area contributed by atoms with Gasteiger partial charge in [0.05, 0.1) is 6.54 Å². The zero-order valence-corrected chi connectivity index (χ0v) is 9.70. The molecule has 16 heavy (non-hydrogen) atoms. The molecule has 0 unspecified atom stereocenters. The minimum atomic E-state index is 0.798. The highest BCUT2D eigenvalue weighted by molar-refractivity contribution is 5.83. The summed E-state index contributed by atoms with van der Waals surface area (Å²) in [5.74, 6) is 6.32. The van der Waals surface area contributed by atoms with E-state index in [1.165, 1.54) is 10.8 Å². The van der Waals surface area contributed by atoms with Crippen molar-refractivity contribution in [2.75, 3.05) is 20.6 Å². The first-order valence-electron chi connectivity index (χ1n) is 5.38. The van der Waals surface area contributed by atoms with Crippen LogP contribution in [-0.2, 0) is 0 Å². The Labute approximate surface area is 96.7 Å². The van der Waals surface area contributed by atoms with Crippen molar-refractivity contribution in [3.8, 4) is 11.8 Å². The number of nitrogens with zero attached hydrogens (tertiary/aromatic N) is 1. The van der Waals surface area contributed by atoms with Crippen molar-refractivity contribution in [2.45, 2.75) is 0 Å². The number of hydrogen-bond donors (Lipinski definition) is 0. The van der Waals surface area contributed by atoms with E-state index in [0.29, 0.717) is 0 Å². The number of rotatable bonds is 1. The van der Waals surface area contributed by atoms with E-state index in [0.717, 1.165) is 12.1 Å². The molecule has 2 aromatic carbocycles. The molecule has 2 aromatic rings. The minimum Gasteiger partial charge on any atom is -0.299 e. The molecular formula is C15H15N. The molecule has 0 amide bonds. The summed E-state index contributed by atoms with van der Waals surface area (Å²) in [7, 11) is 4.05. The smallest absolute Gasteiger partial charge is 0.0600 e. The van der Waals surface area contributed by atoms with Gasteiger partial charge in [0.2, 0.25) is 0 Å². The maximum absolute atomic E-state index is 3.18. The van der Waals surface area contributed by atoms with Crippen molar-refractivity contribution in [3.63, 3.8) is 0 Å². The van der Waals surface area contributed by atoms with Crippen LogP contribution in [-0.4, -0.2) is 25.5 Å². The number of benzene rings is 2. The van der Waals surface area contributed by atoms with Gasteiger partial charge in [0.25, 0.3) is 0 Å². The summed E-state index contributed by atoms with van der Waals surface area (Å²) in [6.07, 6.45) is 0. The Hall–Kier alpha value is -1.78. The van der Waals surface area contributed by atoms with Gasteiger partial charge in [-0.3, -0.25) is 4.90 Å². The first kappa shape index (κ1) is 10.7. The third kappa shape index (κ3) is 2.62. The van der Waals surface area contributed by atoms with E-state index in [4.69, 9.17) is 0 Å². The monoisotopic (exact) mass is 209 g/mol. The van der Waals surface area contributed by atoms with Crippen LogP contribution < -0.4 is 0 Å². The third-order valence-electron chi connectivity index (χ3n) is 2.38. The van der Waals surface area contributed by atoms with Crippen LogP contribution in [0.5, 0.6) is 0 Å². The van der Waals surface area contributed by atoms with Crippen LogP contribution in [0.3, 0.4) is 0 Å². The predicted molar refractivity (Wildman–Crippen MR) is 69.4 cm³/mol. The lowest BCUT2D eigenvalue weighted by atomic mass is 10.1. The molecular weight excluding hydrogens is 194 g/mol. The van der Waals surface area contributed by atoms with Crippen molar-refractivity contribution in [2.24, 2.45) is 0 Å². The summed E-state index contributed by atoms with van der Waals surface area (Å²) in [6.45, 7) is 0.798. The van der Waals surface area contributed by atoms with Gasteiger partial charge in [0.15, 0.2) is 0 Å². The van der Waals surface area contributed by atoms with Crippen molar-refractivity contribution < 1.29 is 0 Å². The van der Waals surface area contributed by atoms with Crippen LogP contribution in [0.25, 0.3) is 10.8 Å². The molecule has 0 atom stereocenters. The molecule has 1 heteroatoms. The molecule has 0 aromatic heterocycles. The fourth-order valence-electron chi connectivity index (χ4n) is 1.57. The molecule has 2 rings (SSSR count). The summed E-state index contributed by atoms with van der Waals surface area (Å²) >= 11 is 0. The summed E-state index contributed by atoms with van der Waals surface area (Å²) in [6, 6.07) is 14.7. The summed E-state index contributed by atoms with van der Waals surface area (Å²) in [4.78, 5) is 2.06. The largest absolute Gasteiger partial charge is 0.299 e. The minimum absolute atomic E-state index is 0.798. The molecule has 0 fully saturated rings. The fourth-order valence-corrected chi connectivity index (χ4v) is 1.57. The number of hydrogen-bond acceptors (Lipinski definition) is 1. The van der Waals surface area contributed by atoms with E-state index < -0.39 is 0 Å². The molecule has 0 aliphatic carbocycles. The normalized spacial score (nSPS) is 10.2. The predicted octanol–water partition coefficient (Wildman–Crippen LogP) is 2.75. The Morgan fingerprint density at radius 3 is 2.50 bits per heavy atom. The second-order valence-corrected chi connectivity index (χ2v) is 4.10. The van der Waals surface area contributed by atoms with Gasteiger partial charge >= 0.3 is 0 Å². The zero-order valence-electron chi connectivity index (χ0n) is 9.70. The third-order valence-corrected chi connectivity index (χ3v) is 2.38. The van der Waals surface area contributed by atoms with Gasteiger partial charge in [0.1, 0.15) is 0 Å². The molecule has 0 saturated carbocycles. The highest BCUT2D eigenvalue weighted by Crippen LogP contribution is 2.14. The van der Waals surface area contributed by atoms with E-state index in [2.05, 4.69) is 59.2 Å². The van der Waals surface area contributed by atoms with Crippen LogP contribution in [0.15, 0.2) is 42.5 Å². The van der Waals surface area contributed by atoms with Gasteiger partial charge < -0.3 is 0 Å². The molecule has 0 spiro atoms. The van der Waals surface area contributed by atoms with Gasteiger partial charge in [-0.2, -0.15) is 0 Å². The van der Waals surface area contributed by atoms with Crippen LogP contribution in [0.4, 0.5) is 0 Å². The lowest BCUT2D eigenvalue weighted by Crippen LogP contribution is -2.10. The van der Waals surface area contributed by atoms with Crippen molar-refractivity contribution in [1.82, 2.24) is 4.90 Å². The zero-order chi connectivity index (χ0) is 11.4. The van der Waals surface area contributed by atoms with Crippen molar-refractivity contribution in [1.29, 1.82) is 0 Å². The summed E-state index contributed by atoms with van der Waals surface area (Å²) < 4.78 is 0. The molecule has 0 aliphatic rings. The van der Waals surface area contributed by atoms with E-state index in [1.807, 2.05) is 14.1 Å². The quantitative estimate of drug-likeness (QED) is 0.653. The maximum Gasteiger partial charge on any atom is 0.0600 e. The Morgan fingerprint density at radius 1 is 1.00 bits per heavy atom. The highest BCUT2D eigenvalue weighted by atomic mass is 15.0. The maximum atomic E-state index is 3.18. The molecule has 0 N–H and O–H groups in total. The van der Waals surface area contributed by atoms with Gasteiger partial charge in [-0.1, -0.05) is 42.2 Å². The van der Waals surface area contributed by atoms with Gasteiger partial charge in [0, 0.05) is 5.56 Å². The van der Waals surface area contributed by atoms with Crippen molar-refractivity contribution in [3.05, 3.63) is 48.0 Å². The van der Waals surface area contributed by atoms with Crippen molar-refractivity contribution >= 4 is 10.8 Å². The molecule has 0 bridgehead atoms. The Balaban J connectivity index is 2.28. The van der Waals surface area contributed by atoms with Gasteiger partial charge in [-0.05, 0) is 37.0 Å². The molecule has 0 aliphatic heterocycles. The number of fused-ring (bicyclic) bond motifs is 1. The second-order valence-electron chi connectivity index (χ2n) is 4.10. The molecule has 0 radical (unpaired) electrons. The summed E-state index contributed by atoms with van der Waals surface area (Å²) in [5, 5.41) is 2.51. The first-order valence-corrected chi connectivity index (χ1v) is 5.38.